The second-order valence-electron chi connectivity index (χ2n) is 6.68. The maximum absolute atomic E-state index is 13.2. The fraction of sp³-hybridized carbons (Fsp3) is 0.250. The van der Waals surface area contributed by atoms with E-state index in [4.69, 9.17) is 51.1 Å². The zero-order valence-electron chi connectivity index (χ0n) is 15.4. The number of nitrogens with zero attached hydrogens (tertiary/aromatic N) is 3. The third-order valence-electron chi connectivity index (χ3n) is 4.71. The van der Waals surface area contributed by atoms with E-state index in [1.807, 2.05) is 12.1 Å². The van der Waals surface area contributed by atoms with Crippen LogP contribution in [-0.2, 0) is 0 Å². The van der Waals surface area contributed by atoms with E-state index in [1.54, 1.807) is 29.4 Å². The summed E-state index contributed by atoms with van der Waals surface area (Å²) in [7, 11) is 0. The molecule has 1 fully saturated rings. The van der Waals surface area contributed by atoms with Crippen molar-refractivity contribution in [3.05, 3.63) is 61.8 Å². The van der Waals surface area contributed by atoms with E-state index in [1.165, 1.54) is 11.3 Å². The minimum Gasteiger partial charge on any atom is -0.488 e. The van der Waals surface area contributed by atoms with Gasteiger partial charge < -0.3 is 9.64 Å². The number of hydrogen-bond donors (Lipinski definition) is 0. The molecule has 10 heteroatoms. The molecule has 30 heavy (non-hydrogen) atoms. The van der Waals surface area contributed by atoms with Crippen molar-refractivity contribution in [2.45, 2.75) is 18.9 Å². The van der Waals surface area contributed by atoms with Gasteiger partial charge in [-0.1, -0.05) is 46.4 Å². The summed E-state index contributed by atoms with van der Waals surface area (Å²) in [6.07, 6.45) is 5.04. The molecule has 156 valence electrons. The van der Waals surface area contributed by atoms with Gasteiger partial charge in [-0.15, -0.1) is 11.3 Å². The Labute approximate surface area is 197 Å². The average molecular weight is 503 g/mol. The first-order valence-electron chi connectivity index (χ1n) is 9.09. The van der Waals surface area contributed by atoms with Gasteiger partial charge >= 0.3 is 0 Å². The molecule has 4 rings (SSSR count). The van der Waals surface area contributed by atoms with Crippen molar-refractivity contribution in [2.75, 3.05) is 13.2 Å². The molecule has 1 saturated heterocycles. The van der Waals surface area contributed by atoms with Crippen LogP contribution in [0.4, 0.5) is 0 Å². The van der Waals surface area contributed by atoms with Gasteiger partial charge in [0, 0.05) is 29.5 Å². The fourth-order valence-electron chi connectivity index (χ4n) is 3.30. The van der Waals surface area contributed by atoms with Crippen LogP contribution in [0.2, 0.25) is 20.2 Å². The zero-order valence-corrected chi connectivity index (χ0v) is 19.3. The number of ether oxygens (including phenoxy) is 1. The van der Waals surface area contributed by atoms with E-state index in [9.17, 15) is 4.79 Å². The summed E-state index contributed by atoms with van der Waals surface area (Å²) in [4.78, 5) is 23.8. The quantitative estimate of drug-likeness (QED) is 0.399. The largest absolute Gasteiger partial charge is 0.488 e. The molecule has 5 nitrogen and oxygen atoms in total. The summed E-state index contributed by atoms with van der Waals surface area (Å²) in [5, 5.41) is 1.94. The van der Waals surface area contributed by atoms with E-state index < -0.39 is 0 Å². The molecule has 1 amide bonds. The number of halogens is 4. The van der Waals surface area contributed by atoms with Crippen LogP contribution < -0.4 is 4.74 Å². The van der Waals surface area contributed by atoms with E-state index in [0.29, 0.717) is 37.2 Å². The van der Waals surface area contributed by atoms with Crippen LogP contribution in [0.15, 0.2) is 36.7 Å². The van der Waals surface area contributed by atoms with Crippen molar-refractivity contribution < 1.29 is 9.53 Å². The molecular weight excluding hydrogens is 488 g/mol. The number of benzene rings is 1. The van der Waals surface area contributed by atoms with Crippen LogP contribution in [-0.4, -0.2) is 40.0 Å². The highest BCUT2D eigenvalue weighted by Crippen LogP contribution is 2.37. The van der Waals surface area contributed by atoms with Gasteiger partial charge in [0.1, 0.15) is 16.5 Å². The van der Waals surface area contributed by atoms with Gasteiger partial charge in [0.15, 0.2) is 10.9 Å². The van der Waals surface area contributed by atoms with E-state index in [0.717, 1.165) is 18.4 Å². The Morgan fingerprint density at radius 1 is 1.23 bits per heavy atom. The lowest BCUT2D eigenvalue weighted by Gasteiger charge is -2.24. The Kier molecular flexibility index (Phi) is 6.70. The molecule has 0 saturated carbocycles. The molecule has 3 heterocycles. The predicted molar refractivity (Wildman–Crippen MR) is 121 cm³/mol. The monoisotopic (exact) mass is 501 g/mol. The Hall–Kier alpha value is -1.57. The van der Waals surface area contributed by atoms with Crippen molar-refractivity contribution in [3.63, 3.8) is 0 Å². The Balaban J connectivity index is 1.50. The minimum atomic E-state index is -0.160. The Morgan fingerprint density at radius 3 is 2.70 bits per heavy atom. The summed E-state index contributed by atoms with van der Waals surface area (Å²) < 4.78 is 5.86. The maximum atomic E-state index is 13.2. The number of carbonyl (C=O) groups excluding carboxylic acids is 1. The van der Waals surface area contributed by atoms with Crippen LogP contribution >= 0.6 is 57.7 Å². The first-order chi connectivity index (χ1) is 14.4. The van der Waals surface area contributed by atoms with Gasteiger partial charge in [-0.05, 0) is 37.1 Å². The highest BCUT2D eigenvalue weighted by molar-refractivity contribution is 7.17. The molecule has 0 N–H and O–H groups in total. The molecular formula is C20H15Cl4N3O2S. The zero-order chi connectivity index (χ0) is 21.3. The molecule has 0 radical (unpaired) electrons. The Bertz CT molecular complexity index is 1050. The van der Waals surface area contributed by atoms with Crippen molar-refractivity contribution in [2.24, 2.45) is 0 Å². The van der Waals surface area contributed by atoms with Gasteiger partial charge in [-0.25, -0.2) is 4.98 Å². The molecule has 1 aliphatic rings. The molecule has 3 aromatic rings. The standard InChI is InChI=1S/C20H15Cl4N3O2S/c21-12-7-14(22)16(15(23)8-12)29-10-13-4-2-6-27(13)20(28)17-18(24)26-19(30-17)11-3-1-5-25-9-11/h1,3,5,7-9,13H,2,4,6,10H2. The lowest BCUT2D eigenvalue weighted by atomic mass is 10.2. The lowest BCUT2D eigenvalue weighted by molar-refractivity contribution is 0.0696. The Morgan fingerprint density at radius 2 is 2.00 bits per heavy atom. The molecule has 1 atom stereocenters. The number of likely N-dealkylation sites (tertiary alicyclic amines) is 1. The van der Waals surface area contributed by atoms with Crippen LogP contribution in [0.1, 0.15) is 22.5 Å². The van der Waals surface area contributed by atoms with Crippen LogP contribution in [0.3, 0.4) is 0 Å². The highest BCUT2D eigenvalue weighted by atomic mass is 35.5. The highest BCUT2D eigenvalue weighted by Gasteiger charge is 2.33. The van der Waals surface area contributed by atoms with E-state index in [2.05, 4.69) is 9.97 Å². The average Bonchev–Trinajstić information content (AvgIpc) is 3.34. The topological polar surface area (TPSA) is 55.3 Å². The number of carbonyl (C=O) groups is 1. The van der Waals surface area contributed by atoms with Crippen LogP contribution in [0.25, 0.3) is 10.6 Å². The fourth-order valence-corrected chi connectivity index (χ4v) is 5.46. The summed E-state index contributed by atoms with van der Waals surface area (Å²) in [6, 6.07) is 6.70. The number of amides is 1. The SMILES string of the molecule is O=C(c1sc(-c2cccnc2)nc1Cl)N1CCCC1COc1c(Cl)cc(Cl)cc1Cl. The minimum absolute atomic E-state index is 0.125. The second kappa shape index (κ2) is 9.28. The smallest absolute Gasteiger partial charge is 0.267 e. The van der Waals surface area contributed by atoms with Gasteiger partial charge in [-0.2, -0.15) is 0 Å². The summed E-state index contributed by atoms with van der Waals surface area (Å²) in [5.41, 5.74) is 0.816. The van der Waals surface area contributed by atoms with Crippen molar-refractivity contribution in [1.29, 1.82) is 0 Å². The van der Waals surface area contributed by atoms with Crippen molar-refractivity contribution >= 4 is 63.6 Å². The first kappa shape index (κ1) is 21.7. The molecule has 0 spiro atoms. The molecule has 1 aromatic carbocycles. The summed E-state index contributed by atoms with van der Waals surface area (Å²) >= 11 is 25.9. The predicted octanol–water partition coefficient (Wildman–Crippen LogP) is 6.50. The third kappa shape index (κ3) is 4.53. The molecule has 0 aliphatic carbocycles. The van der Waals surface area contributed by atoms with Crippen molar-refractivity contribution in [3.8, 4) is 16.3 Å². The maximum Gasteiger partial charge on any atom is 0.267 e. The molecule has 2 aromatic heterocycles. The number of pyridine rings is 1. The van der Waals surface area contributed by atoms with Crippen LogP contribution in [0, 0.1) is 0 Å². The summed E-state index contributed by atoms with van der Waals surface area (Å²) in [5.74, 6) is 0.198. The lowest BCUT2D eigenvalue weighted by Crippen LogP contribution is -2.38. The van der Waals surface area contributed by atoms with Crippen molar-refractivity contribution in [1.82, 2.24) is 14.9 Å². The number of hydrogen-bond acceptors (Lipinski definition) is 5. The van der Waals surface area contributed by atoms with Gasteiger partial charge in [0.05, 0.1) is 16.1 Å². The van der Waals surface area contributed by atoms with E-state index >= 15 is 0 Å². The second-order valence-corrected chi connectivity index (χ2v) is 9.29. The molecule has 0 bridgehead atoms. The molecule has 1 unspecified atom stereocenters. The van der Waals surface area contributed by atoms with Gasteiger partial charge in [-0.3, -0.25) is 9.78 Å². The summed E-state index contributed by atoms with van der Waals surface area (Å²) in [6.45, 7) is 0.879. The molecule has 1 aliphatic heterocycles. The number of rotatable bonds is 5. The third-order valence-corrected chi connectivity index (χ3v) is 6.97. The normalized spacial score (nSPS) is 16.1. The first-order valence-corrected chi connectivity index (χ1v) is 11.4. The van der Waals surface area contributed by atoms with E-state index in [-0.39, 0.29) is 23.7 Å². The number of thiazole rings is 1. The number of aromatic nitrogens is 2. The van der Waals surface area contributed by atoms with Gasteiger partial charge in [0.25, 0.3) is 5.91 Å². The van der Waals surface area contributed by atoms with Gasteiger partial charge in [0.2, 0.25) is 0 Å². The van der Waals surface area contributed by atoms with Crippen LogP contribution in [0.5, 0.6) is 5.75 Å².